The number of hydrogen-bond acceptors (Lipinski definition) is 4. The Morgan fingerprint density at radius 3 is 2.56 bits per heavy atom. The average Bonchev–Trinajstić information content (AvgIpc) is 2.65. The highest BCUT2D eigenvalue weighted by Gasteiger charge is 2.41. The van der Waals surface area contributed by atoms with Crippen molar-refractivity contribution in [2.24, 2.45) is 0 Å². The van der Waals surface area contributed by atoms with Gasteiger partial charge in [0.05, 0.1) is 5.56 Å². The number of ether oxygens (including phenoxy) is 1. The van der Waals surface area contributed by atoms with Crippen molar-refractivity contribution in [1.82, 2.24) is 15.2 Å². The zero-order valence-electron chi connectivity index (χ0n) is 15.0. The molecule has 0 unspecified atom stereocenters. The summed E-state index contributed by atoms with van der Waals surface area (Å²) in [7, 11) is 0. The first-order valence-corrected chi connectivity index (χ1v) is 8.61. The molecule has 1 amide bonds. The molecule has 0 aromatic carbocycles. The normalized spacial score (nSPS) is 15.3. The molecule has 5 nitrogen and oxygen atoms in total. The van der Waals surface area contributed by atoms with Crippen LogP contribution in [0.5, 0.6) is 5.88 Å². The molecule has 0 aliphatic carbocycles. The topological polar surface area (TPSA) is 54.5 Å². The van der Waals surface area contributed by atoms with Crippen molar-refractivity contribution in [3.05, 3.63) is 23.9 Å². The van der Waals surface area contributed by atoms with Crippen LogP contribution < -0.4 is 10.1 Å². The lowest BCUT2D eigenvalue weighted by Gasteiger charge is -2.34. The summed E-state index contributed by atoms with van der Waals surface area (Å²) in [6, 6.07) is 2.79. The maximum absolute atomic E-state index is 12.9. The summed E-state index contributed by atoms with van der Waals surface area (Å²) in [5.41, 5.74) is 0.310. The molecule has 1 aliphatic heterocycles. The second-order valence-corrected chi connectivity index (χ2v) is 6.22. The van der Waals surface area contributed by atoms with Crippen LogP contribution >= 0.6 is 12.4 Å². The lowest BCUT2D eigenvalue weighted by molar-refractivity contribution is -0.148. The van der Waals surface area contributed by atoms with Gasteiger partial charge in [-0.25, -0.2) is 13.8 Å². The molecule has 1 aromatic heterocycles. The molecular formula is C17H24ClF4N3O2. The van der Waals surface area contributed by atoms with Crippen LogP contribution in [0.4, 0.5) is 17.6 Å². The highest BCUT2D eigenvalue weighted by atomic mass is 35.5. The molecule has 0 saturated carbocycles. The Labute approximate surface area is 161 Å². The van der Waals surface area contributed by atoms with E-state index in [-0.39, 0.29) is 30.2 Å². The number of nitrogens with zero attached hydrogens (tertiary/aromatic N) is 2. The van der Waals surface area contributed by atoms with E-state index in [2.05, 4.69) is 15.0 Å². The third kappa shape index (κ3) is 6.49. The summed E-state index contributed by atoms with van der Waals surface area (Å²) in [5.74, 6) is -4.66. The lowest BCUT2D eigenvalue weighted by atomic mass is 10.0. The minimum Gasteiger partial charge on any atom is -0.471 e. The van der Waals surface area contributed by atoms with Crippen LogP contribution in [0, 0.1) is 0 Å². The standard InChI is InChI=1S/C17H23F4N3O2.ClH/c1-2-9-24(13-5-7-22-8-6-13)15(25)12-3-4-14(23-10-12)26-11-17(20,21)16(18)19;/h3-4,10,13,16,22H,2,5-9,11H2,1H3;1H. The number of hydrogen-bond donors (Lipinski definition) is 1. The van der Waals surface area contributed by atoms with Crippen molar-refractivity contribution in [1.29, 1.82) is 0 Å². The molecule has 1 aliphatic rings. The number of carbonyl (C=O) groups excluding carboxylic acids is 1. The van der Waals surface area contributed by atoms with Gasteiger partial charge in [-0.1, -0.05) is 6.92 Å². The number of nitrogens with one attached hydrogen (secondary N) is 1. The fourth-order valence-electron chi connectivity index (χ4n) is 2.80. The lowest BCUT2D eigenvalue weighted by Crippen LogP contribution is -2.46. The van der Waals surface area contributed by atoms with Crippen LogP contribution in [0.2, 0.25) is 0 Å². The van der Waals surface area contributed by atoms with Gasteiger partial charge in [-0.3, -0.25) is 4.79 Å². The average molecular weight is 414 g/mol. The van der Waals surface area contributed by atoms with Crippen molar-refractivity contribution >= 4 is 18.3 Å². The number of aromatic nitrogens is 1. The molecule has 2 heterocycles. The minimum absolute atomic E-state index is 0. The van der Waals surface area contributed by atoms with Gasteiger partial charge in [0, 0.05) is 24.8 Å². The molecule has 0 radical (unpaired) electrons. The molecule has 27 heavy (non-hydrogen) atoms. The molecular weight excluding hydrogens is 390 g/mol. The Kier molecular flexibility index (Phi) is 9.25. The number of carbonyl (C=O) groups is 1. The van der Waals surface area contributed by atoms with E-state index in [0.717, 1.165) is 32.4 Å². The summed E-state index contributed by atoms with van der Waals surface area (Å²) >= 11 is 0. The van der Waals surface area contributed by atoms with Crippen molar-refractivity contribution in [2.75, 3.05) is 26.2 Å². The molecule has 10 heteroatoms. The van der Waals surface area contributed by atoms with Gasteiger partial charge in [-0.15, -0.1) is 12.4 Å². The second-order valence-electron chi connectivity index (χ2n) is 6.22. The van der Waals surface area contributed by atoms with Gasteiger partial charge in [0.25, 0.3) is 5.91 Å². The Bertz CT molecular complexity index is 584. The molecule has 154 valence electrons. The predicted molar refractivity (Wildman–Crippen MR) is 95.2 cm³/mol. The van der Waals surface area contributed by atoms with Gasteiger partial charge in [-0.05, 0) is 38.4 Å². The first-order chi connectivity index (χ1) is 12.3. The zero-order chi connectivity index (χ0) is 19.2. The van der Waals surface area contributed by atoms with E-state index >= 15 is 0 Å². The van der Waals surface area contributed by atoms with Gasteiger partial charge in [-0.2, -0.15) is 8.78 Å². The van der Waals surface area contributed by atoms with Gasteiger partial charge >= 0.3 is 12.3 Å². The van der Waals surface area contributed by atoms with E-state index in [1.54, 1.807) is 0 Å². The Hall–Kier alpha value is -1.61. The monoisotopic (exact) mass is 413 g/mol. The van der Waals surface area contributed by atoms with Crippen molar-refractivity contribution in [3.8, 4) is 5.88 Å². The SMILES string of the molecule is CCCN(C(=O)c1ccc(OCC(F)(F)C(F)F)nc1)C1CCNCC1.Cl. The van der Waals surface area contributed by atoms with Crippen LogP contribution in [0.1, 0.15) is 36.5 Å². The summed E-state index contributed by atoms with van der Waals surface area (Å²) in [4.78, 5) is 18.4. The molecule has 2 rings (SSSR count). The van der Waals surface area contributed by atoms with Crippen LogP contribution in [0.25, 0.3) is 0 Å². The smallest absolute Gasteiger partial charge is 0.340 e. The van der Waals surface area contributed by atoms with E-state index in [9.17, 15) is 22.4 Å². The van der Waals surface area contributed by atoms with E-state index < -0.39 is 19.0 Å². The summed E-state index contributed by atoms with van der Waals surface area (Å²) in [6.07, 6.45) is -0.0444. The Morgan fingerprint density at radius 2 is 2.04 bits per heavy atom. The molecule has 0 spiro atoms. The Balaban J connectivity index is 0.00000364. The Morgan fingerprint density at radius 1 is 1.37 bits per heavy atom. The molecule has 1 N–H and O–H groups in total. The number of alkyl halides is 4. The largest absolute Gasteiger partial charge is 0.471 e. The first kappa shape index (κ1) is 23.4. The fraction of sp³-hybridized carbons (Fsp3) is 0.647. The van der Waals surface area contributed by atoms with Crippen molar-refractivity contribution < 1.29 is 27.1 Å². The second kappa shape index (κ2) is 10.7. The summed E-state index contributed by atoms with van der Waals surface area (Å²) < 4.78 is 54.6. The number of halogens is 5. The molecule has 1 aromatic rings. The summed E-state index contributed by atoms with van der Waals surface area (Å²) in [5, 5.41) is 3.25. The minimum atomic E-state index is -4.25. The molecule has 1 fully saturated rings. The molecule has 0 bridgehead atoms. The number of pyridine rings is 1. The number of rotatable bonds is 8. The fourth-order valence-corrected chi connectivity index (χ4v) is 2.80. The van der Waals surface area contributed by atoms with E-state index in [4.69, 9.17) is 0 Å². The van der Waals surface area contributed by atoms with E-state index in [1.807, 2.05) is 11.8 Å². The van der Waals surface area contributed by atoms with Crippen LogP contribution in [0.15, 0.2) is 18.3 Å². The number of piperidine rings is 1. The molecule has 0 atom stereocenters. The van der Waals surface area contributed by atoms with Crippen LogP contribution in [0.3, 0.4) is 0 Å². The maximum atomic E-state index is 12.9. The van der Waals surface area contributed by atoms with Crippen LogP contribution in [-0.2, 0) is 0 Å². The van der Waals surface area contributed by atoms with E-state index in [0.29, 0.717) is 12.1 Å². The van der Waals surface area contributed by atoms with Gasteiger partial charge in [0.2, 0.25) is 5.88 Å². The molecule has 1 saturated heterocycles. The third-order valence-electron chi connectivity index (χ3n) is 4.19. The predicted octanol–water partition coefficient (Wildman–Crippen LogP) is 3.39. The van der Waals surface area contributed by atoms with Gasteiger partial charge < -0.3 is 15.0 Å². The van der Waals surface area contributed by atoms with Gasteiger partial charge in [0.15, 0.2) is 6.61 Å². The van der Waals surface area contributed by atoms with Crippen molar-refractivity contribution in [3.63, 3.8) is 0 Å². The zero-order valence-corrected chi connectivity index (χ0v) is 15.8. The highest BCUT2D eigenvalue weighted by Crippen LogP contribution is 2.24. The highest BCUT2D eigenvalue weighted by molar-refractivity contribution is 5.94. The first-order valence-electron chi connectivity index (χ1n) is 8.61. The quantitative estimate of drug-likeness (QED) is 0.664. The van der Waals surface area contributed by atoms with Crippen molar-refractivity contribution in [2.45, 2.75) is 44.6 Å². The maximum Gasteiger partial charge on any atom is 0.340 e. The van der Waals surface area contributed by atoms with Crippen LogP contribution in [-0.4, -0.2) is 60.4 Å². The third-order valence-corrected chi connectivity index (χ3v) is 4.19. The van der Waals surface area contributed by atoms with E-state index in [1.165, 1.54) is 18.3 Å². The van der Waals surface area contributed by atoms with Gasteiger partial charge in [0.1, 0.15) is 0 Å². The number of amides is 1. The summed E-state index contributed by atoms with van der Waals surface area (Å²) in [6.45, 7) is 2.83.